The number of halogens is 1. The Hall–Kier alpha value is -1.35. The van der Waals surface area contributed by atoms with E-state index >= 15 is 0 Å². The van der Waals surface area contributed by atoms with E-state index in [2.05, 4.69) is 29.3 Å². The van der Waals surface area contributed by atoms with Gasteiger partial charge < -0.3 is 10.2 Å². The van der Waals surface area contributed by atoms with Crippen LogP contribution in [0.1, 0.15) is 39.6 Å². The van der Waals surface area contributed by atoms with Crippen LogP contribution in [0.25, 0.3) is 0 Å². The molecule has 1 saturated heterocycles. The van der Waals surface area contributed by atoms with Crippen molar-refractivity contribution in [2.24, 2.45) is 11.8 Å². The second-order valence-electron chi connectivity index (χ2n) is 7.77. The average Bonchev–Trinajstić information content (AvgIpc) is 3.20. The number of anilines is 1. The van der Waals surface area contributed by atoms with Gasteiger partial charge >= 0.3 is 0 Å². The van der Waals surface area contributed by atoms with Gasteiger partial charge in [-0.3, -0.25) is 0 Å². The van der Waals surface area contributed by atoms with Crippen LogP contribution >= 0.6 is 0 Å². The highest BCUT2D eigenvalue weighted by molar-refractivity contribution is 5.60. The first-order valence-electron chi connectivity index (χ1n) is 9.09. The molecule has 3 aliphatic rings. The first kappa shape index (κ1) is 15.2. The third kappa shape index (κ3) is 2.80. The molecule has 0 amide bonds. The standard InChI is InChI=1S/C20H27FN2.H2/c1-15(16-4-2-3-5-16)13-23-10-8-20(9-11-23)14-22-19-7-6-17(21)12-18(19)20;/h2,4,6-7,12,15-16,22H,3,5,8-11,13-14H2,1H3;1H/t15-,16+;/m1./s1. The van der Waals surface area contributed by atoms with Crippen LogP contribution in [0.2, 0.25) is 0 Å². The second kappa shape index (κ2) is 5.94. The quantitative estimate of drug-likeness (QED) is 0.830. The minimum Gasteiger partial charge on any atom is -0.384 e. The summed E-state index contributed by atoms with van der Waals surface area (Å²) < 4.78 is 13.7. The lowest BCUT2D eigenvalue weighted by molar-refractivity contribution is 0.140. The molecule has 2 aliphatic heterocycles. The zero-order chi connectivity index (χ0) is 15.9. The number of rotatable bonds is 3. The molecule has 2 heterocycles. The van der Waals surface area contributed by atoms with E-state index in [9.17, 15) is 4.39 Å². The average molecular weight is 316 g/mol. The lowest BCUT2D eigenvalue weighted by Gasteiger charge is -2.40. The minimum atomic E-state index is -0.101. The van der Waals surface area contributed by atoms with Gasteiger partial charge in [-0.05, 0) is 74.4 Å². The van der Waals surface area contributed by atoms with Crippen molar-refractivity contribution in [3.63, 3.8) is 0 Å². The summed E-state index contributed by atoms with van der Waals surface area (Å²) in [5, 5.41) is 3.49. The Labute approximate surface area is 140 Å². The van der Waals surface area contributed by atoms with E-state index in [1.54, 1.807) is 12.1 Å². The molecule has 1 aliphatic carbocycles. The molecule has 2 nitrogen and oxygen atoms in total. The molecule has 1 spiro atoms. The summed E-state index contributed by atoms with van der Waals surface area (Å²) >= 11 is 0. The summed E-state index contributed by atoms with van der Waals surface area (Å²) in [6.45, 7) is 6.85. The second-order valence-corrected chi connectivity index (χ2v) is 7.77. The highest BCUT2D eigenvalue weighted by atomic mass is 19.1. The van der Waals surface area contributed by atoms with Crippen molar-refractivity contribution in [1.82, 2.24) is 4.90 Å². The fourth-order valence-electron chi connectivity index (χ4n) is 4.75. The number of hydrogen-bond donors (Lipinski definition) is 1. The molecule has 126 valence electrons. The Kier molecular flexibility index (Phi) is 3.92. The zero-order valence-corrected chi connectivity index (χ0v) is 14.0. The Morgan fingerprint density at radius 3 is 2.96 bits per heavy atom. The van der Waals surface area contributed by atoms with Crippen molar-refractivity contribution < 1.29 is 5.82 Å². The van der Waals surface area contributed by atoms with Crippen LogP contribution in [-0.2, 0) is 5.41 Å². The van der Waals surface area contributed by atoms with Crippen LogP contribution in [-0.4, -0.2) is 31.1 Å². The molecule has 0 aromatic heterocycles. The number of piperidine rings is 1. The minimum absolute atomic E-state index is 0. The summed E-state index contributed by atoms with van der Waals surface area (Å²) in [6, 6.07) is 5.23. The smallest absolute Gasteiger partial charge is 0.123 e. The topological polar surface area (TPSA) is 15.3 Å². The predicted octanol–water partition coefficient (Wildman–Crippen LogP) is 4.43. The largest absolute Gasteiger partial charge is 0.384 e. The van der Waals surface area contributed by atoms with E-state index in [4.69, 9.17) is 0 Å². The normalized spacial score (nSPS) is 27.1. The molecule has 1 fully saturated rings. The Bertz CT molecular complexity index is 608. The van der Waals surface area contributed by atoms with Crippen LogP contribution in [0.3, 0.4) is 0 Å². The molecule has 4 rings (SSSR count). The molecular weight excluding hydrogens is 287 g/mol. The Morgan fingerprint density at radius 2 is 2.22 bits per heavy atom. The molecule has 1 aromatic carbocycles. The van der Waals surface area contributed by atoms with Gasteiger partial charge in [0.15, 0.2) is 0 Å². The number of nitrogens with one attached hydrogen (secondary N) is 1. The molecule has 1 aromatic rings. The van der Waals surface area contributed by atoms with Crippen molar-refractivity contribution >= 4 is 5.69 Å². The van der Waals surface area contributed by atoms with Gasteiger partial charge in [-0.15, -0.1) is 0 Å². The predicted molar refractivity (Wildman–Crippen MR) is 95.4 cm³/mol. The fraction of sp³-hybridized carbons (Fsp3) is 0.600. The molecule has 0 unspecified atom stereocenters. The maximum Gasteiger partial charge on any atom is 0.123 e. The van der Waals surface area contributed by atoms with Crippen LogP contribution in [0.15, 0.2) is 30.4 Å². The monoisotopic (exact) mass is 316 g/mol. The van der Waals surface area contributed by atoms with Crippen LogP contribution in [0, 0.1) is 17.7 Å². The molecule has 0 radical (unpaired) electrons. The highest BCUT2D eigenvalue weighted by Crippen LogP contribution is 2.44. The summed E-state index contributed by atoms with van der Waals surface area (Å²) in [7, 11) is 0. The van der Waals surface area contributed by atoms with Crippen LogP contribution in [0.5, 0.6) is 0 Å². The molecular formula is C20H29FN2. The molecule has 0 saturated carbocycles. The summed E-state index contributed by atoms with van der Waals surface area (Å²) in [5.41, 5.74) is 2.51. The van der Waals surface area contributed by atoms with Crippen molar-refractivity contribution in [3.05, 3.63) is 41.7 Å². The third-order valence-corrected chi connectivity index (χ3v) is 6.31. The summed E-state index contributed by atoms with van der Waals surface area (Å²) in [4.78, 5) is 2.62. The SMILES string of the molecule is C[C@H](CN1CCC2(CC1)CNc1ccc(F)cc12)[C@H]1C=CCC1.[HH]. The van der Waals surface area contributed by atoms with Gasteiger partial charge in [0, 0.05) is 25.6 Å². The molecule has 2 atom stereocenters. The van der Waals surface area contributed by atoms with Crippen LogP contribution in [0.4, 0.5) is 10.1 Å². The van der Waals surface area contributed by atoms with Crippen molar-refractivity contribution in [1.29, 1.82) is 0 Å². The highest BCUT2D eigenvalue weighted by Gasteiger charge is 2.41. The summed E-state index contributed by atoms with van der Waals surface area (Å²) in [6.07, 6.45) is 9.62. The van der Waals surface area contributed by atoms with Gasteiger partial charge in [0.05, 0.1) is 0 Å². The number of hydrogen-bond acceptors (Lipinski definition) is 2. The molecule has 0 bridgehead atoms. The van der Waals surface area contributed by atoms with Gasteiger partial charge in [-0.25, -0.2) is 4.39 Å². The van der Waals surface area contributed by atoms with Gasteiger partial charge in [0.1, 0.15) is 5.82 Å². The summed E-state index contributed by atoms with van der Waals surface area (Å²) in [5.74, 6) is 1.42. The molecule has 23 heavy (non-hydrogen) atoms. The van der Waals surface area contributed by atoms with Gasteiger partial charge in [-0.2, -0.15) is 0 Å². The third-order valence-electron chi connectivity index (χ3n) is 6.31. The first-order chi connectivity index (χ1) is 11.2. The number of allylic oxidation sites excluding steroid dienone is 2. The fourth-order valence-corrected chi connectivity index (χ4v) is 4.75. The van der Waals surface area contributed by atoms with Crippen LogP contribution < -0.4 is 5.32 Å². The van der Waals surface area contributed by atoms with Gasteiger partial charge in [0.2, 0.25) is 0 Å². The van der Waals surface area contributed by atoms with E-state index in [0.717, 1.165) is 50.0 Å². The maximum absolute atomic E-state index is 13.7. The van der Waals surface area contributed by atoms with E-state index in [1.165, 1.54) is 24.9 Å². The lowest BCUT2D eigenvalue weighted by Crippen LogP contribution is -2.45. The zero-order valence-electron chi connectivity index (χ0n) is 14.0. The van der Waals surface area contributed by atoms with Crippen molar-refractivity contribution in [3.8, 4) is 0 Å². The van der Waals surface area contributed by atoms with E-state index in [0.29, 0.717) is 0 Å². The number of nitrogens with zero attached hydrogens (tertiary/aromatic N) is 1. The Morgan fingerprint density at radius 1 is 1.39 bits per heavy atom. The maximum atomic E-state index is 13.7. The van der Waals surface area contributed by atoms with Crippen molar-refractivity contribution in [2.75, 3.05) is 31.5 Å². The molecule has 3 heteroatoms. The lowest BCUT2D eigenvalue weighted by atomic mass is 9.74. The Balaban J connectivity index is 0.00000169. The number of benzene rings is 1. The van der Waals surface area contributed by atoms with E-state index < -0.39 is 0 Å². The number of likely N-dealkylation sites (tertiary alicyclic amines) is 1. The van der Waals surface area contributed by atoms with E-state index in [1.807, 2.05) is 6.07 Å². The molecule has 1 N–H and O–H groups in total. The number of fused-ring (bicyclic) bond motifs is 2. The van der Waals surface area contributed by atoms with Gasteiger partial charge in [0.25, 0.3) is 0 Å². The van der Waals surface area contributed by atoms with Gasteiger partial charge in [-0.1, -0.05) is 19.1 Å². The van der Waals surface area contributed by atoms with Crippen molar-refractivity contribution in [2.45, 2.75) is 38.0 Å². The first-order valence-corrected chi connectivity index (χ1v) is 9.09. The van der Waals surface area contributed by atoms with E-state index in [-0.39, 0.29) is 12.7 Å².